The van der Waals surface area contributed by atoms with Gasteiger partial charge < -0.3 is 15.2 Å². The number of carbonyl (C=O) groups is 2. The maximum atomic E-state index is 14.4. The standard InChI is InChI=1S/C33H24FN5O3S/c1-19-8-6-10-22(34)29(19)37-31(40)27-18-20-16-17-38(25-13-4-2-9-21(25)30(20)43-27)32(41)24-12-7-15-28(35-24)39-26-14-5-3-11-23(26)36-33(39)42/h2-15,18H,16-17H2,1H3,(H,36,42)(H,37,40). The van der Waals surface area contributed by atoms with Gasteiger partial charge >= 0.3 is 5.69 Å². The molecule has 0 unspecified atom stereocenters. The molecular weight excluding hydrogens is 565 g/mol. The van der Waals surface area contributed by atoms with Crippen molar-refractivity contribution in [2.75, 3.05) is 16.8 Å². The molecule has 0 fully saturated rings. The summed E-state index contributed by atoms with van der Waals surface area (Å²) >= 11 is 1.31. The number of halogens is 1. The molecule has 3 aromatic carbocycles. The number of benzene rings is 3. The molecule has 43 heavy (non-hydrogen) atoms. The second kappa shape index (κ2) is 10.5. The number of imidazole rings is 1. The van der Waals surface area contributed by atoms with Crippen molar-refractivity contribution < 1.29 is 14.0 Å². The molecule has 0 spiro atoms. The van der Waals surface area contributed by atoms with Gasteiger partial charge in [0.05, 0.1) is 27.3 Å². The largest absolute Gasteiger partial charge is 0.332 e. The van der Waals surface area contributed by atoms with Crippen molar-refractivity contribution >= 4 is 45.6 Å². The van der Waals surface area contributed by atoms with Crippen molar-refractivity contribution in [3.63, 3.8) is 0 Å². The lowest BCUT2D eigenvalue weighted by Crippen LogP contribution is -2.33. The third-order valence-electron chi connectivity index (χ3n) is 7.55. The number of para-hydroxylation sites is 4. The van der Waals surface area contributed by atoms with Crippen LogP contribution in [-0.2, 0) is 6.42 Å². The molecule has 3 aromatic heterocycles. The number of aromatic amines is 1. The van der Waals surface area contributed by atoms with Crippen LogP contribution in [0.4, 0.5) is 15.8 Å². The van der Waals surface area contributed by atoms with E-state index >= 15 is 0 Å². The summed E-state index contributed by atoms with van der Waals surface area (Å²) < 4.78 is 15.8. The molecular formula is C33H24FN5O3S. The second-order valence-corrected chi connectivity index (χ2v) is 11.3. The quantitative estimate of drug-likeness (QED) is 0.251. The van der Waals surface area contributed by atoms with Crippen LogP contribution in [-0.4, -0.2) is 32.9 Å². The van der Waals surface area contributed by atoms with E-state index < -0.39 is 5.82 Å². The van der Waals surface area contributed by atoms with E-state index in [1.807, 2.05) is 54.6 Å². The Morgan fingerprint density at radius 3 is 2.63 bits per heavy atom. The minimum atomic E-state index is -0.488. The number of anilines is 2. The number of hydrogen-bond donors (Lipinski definition) is 2. The Bertz CT molecular complexity index is 2110. The number of rotatable bonds is 4. The first-order valence-electron chi connectivity index (χ1n) is 13.7. The van der Waals surface area contributed by atoms with E-state index in [9.17, 15) is 18.8 Å². The molecule has 4 heterocycles. The molecule has 0 aliphatic carbocycles. The van der Waals surface area contributed by atoms with E-state index in [0.717, 1.165) is 16.0 Å². The molecule has 0 saturated carbocycles. The normalized spacial score (nSPS) is 12.5. The average molecular weight is 590 g/mol. The molecule has 2 N–H and O–H groups in total. The van der Waals surface area contributed by atoms with Gasteiger partial charge in [0.1, 0.15) is 17.3 Å². The second-order valence-electron chi connectivity index (χ2n) is 10.2. The molecule has 8 nitrogen and oxygen atoms in total. The molecule has 0 saturated heterocycles. The van der Waals surface area contributed by atoms with Gasteiger partial charge in [0.2, 0.25) is 0 Å². The highest BCUT2D eigenvalue weighted by Crippen LogP contribution is 2.42. The fraction of sp³-hybridized carbons (Fsp3) is 0.0909. The Kier molecular flexibility index (Phi) is 6.47. The average Bonchev–Trinajstić information content (AvgIpc) is 3.55. The molecule has 212 valence electrons. The summed E-state index contributed by atoms with van der Waals surface area (Å²) in [5.41, 5.74) is 4.45. The Morgan fingerprint density at radius 1 is 0.977 bits per heavy atom. The zero-order chi connectivity index (χ0) is 29.7. The third-order valence-corrected chi connectivity index (χ3v) is 8.76. The number of fused-ring (bicyclic) bond motifs is 4. The monoisotopic (exact) mass is 589 g/mol. The minimum Gasteiger partial charge on any atom is -0.319 e. The van der Waals surface area contributed by atoms with E-state index in [4.69, 9.17) is 0 Å². The number of carbonyl (C=O) groups excluding carboxylic acids is 2. The topological polar surface area (TPSA) is 100 Å². The Morgan fingerprint density at radius 2 is 1.77 bits per heavy atom. The van der Waals surface area contributed by atoms with Crippen molar-refractivity contribution in [1.82, 2.24) is 14.5 Å². The first-order valence-corrected chi connectivity index (χ1v) is 14.5. The van der Waals surface area contributed by atoms with Crippen LogP contribution in [0.3, 0.4) is 0 Å². The molecule has 1 aliphatic heterocycles. The molecule has 2 amide bonds. The van der Waals surface area contributed by atoms with Crippen LogP contribution in [0.25, 0.3) is 27.3 Å². The van der Waals surface area contributed by atoms with Gasteiger partial charge in [0.15, 0.2) is 0 Å². The van der Waals surface area contributed by atoms with Gasteiger partial charge in [0.25, 0.3) is 11.8 Å². The summed E-state index contributed by atoms with van der Waals surface area (Å²) in [6, 6.07) is 26.4. The van der Waals surface area contributed by atoms with E-state index in [1.54, 1.807) is 42.2 Å². The van der Waals surface area contributed by atoms with Crippen LogP contribution in [0.5, 0.6) is 0 Å². The summed E-state index contributed by atoms with van der Waals surface area (Å²) in [6.07, 6.45) is 0.500. The number of hydrogen-bond acceptors (Lipinski definition) is 5. The van der Waals surface area contributed by atoms with Gasteiger partial charge in [-0.1, -0.05) is 48.5 Å². The number of nitrogens with zero attached hydrogens (tertiary/aromatic N) is 3. The number of nitrogens with one attached hydrogen (secondary N) is 2. The van der Waals surface area contributed by atoms with Gasteiger partial charge in [-0.05, 0) is 66.9 Å². The highest BCUT2D eigenvalue weighted by Gasteiger charge is 2.28. The summed E-state index contributed by atoms with van der Waals surface area (Å²) in [5, 5.41) is 2.72. The lowest BCUT2D eigenvalue weighted by Gasteiger charge is -2.23. The molecule has 6 aromatic rings. The predicted molar refractivity (Wildman–Crippen MR) is 166 cm³/mol. The molecule has 0 atom stereocenters. The summed E-state index contributed by atoms with van der Waals surface area (Å²) in [7, 11) is 0. The fourth-order valence-electron chi connectivity index (χ4n) is 5.47. The fourth-order valence-corrected chi connectivity index (χ4v) is 6.61. The number of amides is 2. The smallest absolute Gasteiger partial charge is 0.319 e. The molecule has 0 radical (unpaired) electrons. The zero-order valence-electron chi connectivity index (χ0n) is 22.9. The third kappa shape index (κ3) is 4.61. The number of pyridine rings is 1. The minimum absolute atomic E-state index is 0.165. The van der Waals surface area contributed by atoms with Gasteiger partial charge in [-0.15, -0.1) is 11.3 Å². The van der Waals surface area contributed by atoms with E-state index in [0.29, 0.717) is 45.9 Å². The van der Waals surface area contributed by atoms with Crippen molar-refractivity contribution in [1.29, 1.82) is 0 Å². The Labute approximate surface area is 249 Å². The molecule has 10 heteroatoms. The van der Waals surface area contributed by atoms with Crippen LogP contribution < -0.4 is 15.9 Å². The van der Waals surface area contributed by atoms with Crippen LogP contribution in [0.1, 0.15) is 31.3 Å². The summed E-state index contributed by atoms with van der Waals surface area (Å²) in [6.45, 7) is 2.10. The number of aromatic nitrogens is 3. The van der Waals surface area contributed by atoms with Crippen molar-refractivity contribution in [2.45, 2.75) is 13.3 Å². The van der Waals surface area contributed by atoms with Crippen LogP contribution in [0.2, 0.25) is 0 Å². The highest BCUT2D eigenvalue weighted by molar-refractivity contribution is 7.17. The van der Waals surface area contributed by atoms with Gasteiger partial charge in [-0.3, -0.25) is 9.59 Å². The Hall–Kier alpha value is -5.35. The van der Waals surface area contributed by atoms with Gasteiger partial charge in [-0.2, -0.15) is 0 Å². The first-order chi connectivity index (χ1) is 20.9. The lowest BCUT2D eigenvalue weighted by molar-refractivity contribution is 0.0981. The number of thiophene rings is 1. The highest BCUT2D eigenvalue weighted by atomic mass is 32.1. The van der Waals surface area contributed by atoms with E-state index in [-0.39, 0.29) is 28.9 Å². The van der Waals surface area contributed by atoms with E-state index in [1.165, 1.54) is 22.0 Å². The maximum absolute atomic E-state index is 14.4. The molecule has 7 rings (SSSR count). The maximum Gasteiger partial charge on any atom is 0.332 e. The van der Waals surface area contributed by atoms with Crippen molar-refractivity contribution in [3.05, 3.63) is 129 Å². The lowest BCUT2D eigenvalue weighted by atomic mass is 10.1. The van der Waals surface area contributed by atoms with Crippen molar-refractivity contribution in [2.24, 2.45) is 0 Å². The van der Waals surface area contributed by atoms with Gasteiger partial charge in [0, 0.05) is 17.0 Å². The number of aryl methyl sites for hydroxylation is 1. The summed E-state index contributed by atoms with van der Waals surface area (Å²) in [4.78, 5) is 50.4. The van der Waals surface area contributed by atoms with Crippen LogP contribution >= 0.6 is 11.3 Å². The van der Waals surface area contributed by atoms with Crippen molar-refractivity contribution in [3.8, 4) is 16.3 Å². The molecule has 0 bridgehead atoms. The number of H-pyrrole nitrogens is 1. The summed E-state index contributed by atoms with van der Waals surface area (Å²) in [5.74, 6) is -0.829. The predicted octanol–water partition coefficient (Wildman–Crippen LogP) is 6.35. The van der Waals surface area contributed by atoms with Crippen LogP contribution in [0, 0.1) is 12.7 Å². The zero-order valence-corrected chi connectivity index (χ0v) is 23.7. The molecule has 1 aliphatic rings. The first kappa shape index (κ1) is 26.5. The van der Waals surface area contributed by atoms with Gasteiger partial charge in [-0.25, -0.2) is 18.7 Å². The van der Waals surface area contributed by atoms with E-state index in [2.05, 4.69) is 15.3 Å². The SMILES string of the molecule is Cc1cccc(F)c1NC(=O)c1cc2c(s1)-c1ccccc1N(C(=O)c1cccc(-n3c(=O)[nH]c4ccccc43)n1)CC2. The Balaban J connectivity index is 1.22. The van der Waals surface area contributed by atoms with Crippen LogP contribution in [0.15, 0.2) is 95.8 Å².